The average molecular weight is 380 g/mol. The number of methoxy groups -OCH3 is 1. The Hall–Kier alpha value is -3.55. The smallest absolute Gasteiger partial charge is 0.302 e. The lowest BCUT2D eigenvalue weighted by molar-refractivity contribution is -0.141. The second-order valence-electron chi connectivity index (χ2n) is 6.24. The van der Waals surface area contributed by atoms with E-state index < -0.39 is 5.82 Å². The largest absolute Gasteiger partial charge is 0.494 e. The van der Waals surface area contributed by atoms with Gasteiger partial charge in [-0.3, -0.25) is 14.5 Å². The van der Waals surface area contributed by atoms with Crippen LogP contribution in [0.1, 0.15) is 6.92 Å². The minimum Gasteiger partial charge on any atom is -0.494 e. The summed E-state index contributed by atoms with van der Waals surface area (Å²) in [6.45, 7) is 2.09. The van der Waals surface area contributed by atoms with Gasteiger partial charge < -0.3 is 9.47 Å². The molecule has 4 aromatic rings. The van der Waals surface area contributed by atoms with Crippen molar-refractivity contribution in [3.8, 4) is 17.0 Å². The van der Waals surface area contributed by atoms with Crippen molar-refractivity contribution in [1.82, 2.24) is 19.7 Å². The van der Waals surface area contributed by atoms with Gasteiger partial charge in [-0.15, -0.1) is 0 Å². The van der Waals surface area contributed by atoms with Crippen LogP contribution in [0.3, 0.4) is 0 Å². The normalized spacial score (nSPS) is 11.1. The van der Waals surface area contributed by atoms with Crippen molar-refractivity contribution in [2.45, 2.75) is 13.5 Å². The van der Waals surface area contributed by atoms with E-state index in [1.807, 2.05) is 18.3 Å². The number of esters is 1. The minimum atomic E-state index is -0.452. The second-order valence-corrected chi connectivity index (χ2v) is 6.24. The van der Waals surface area contributed by atoms with Gasteiger partial charge in [0.1, 0.15) is 6.61 Å². The second kappa shape index (κ2) is 7.22. The fourth-order valence-electron chi connectivity index (χ4n) is 2.94. The van der Waals surface area contributed by atoms with Gasteiger partial charge in [0.2, 0.25) is 0 Å². The van der Waals surface area contributed by atoms with Crippen molar-refractivity contribution in [2.75, 3.05) is 13.7 Å². The van der Waals surface area contributed by atoms with E-state index in [4.69, 9.17) is 9.47 Å². The lowest BCUT2D eigenvalue weighted by Gasteiger charge is -2.05. The van der Waals surface area contributed by atoms with Gasteiger partial charge in [0.15, 0.2) is 11.6 Å². The maximum atomic E-state index is 14.0. The number of nitrogens with zero attached hydrogens (tertiary/aromatic N) is 4. The van der Waals surface area contributed by atoms with Gasteiger partial charge in [0, 0.05) is 24.1 Å². The summed E-state index contributed by atoms with van der Waals surface area (Å²) in [7, 11) is 1.42. The maximum Gasteiger partial charge on any atom is 0.302 e. The molecule has 0 spiro atoms. The molecule has 0 saturated heterocycles. The molecule has 0 aliphatic heterocycles. The van der Waals surface area contributed by atoms with E-state index in [1.165, 1.54) is 20.1 Å². The molecule has 0 unspecified atom stereocenters. The van der Waals surface area contributed by atoms with Crippen LogP contribution in [0.15, 0.2) is 42.7 Å². The van der Waals surface area contributed by atoms with E-state index in [0.29, 0.717) is 28.8 Å². The number of ether oxygens (including phenoxy) is 2. The zero-order valence-electron chi connectivity index (χ0n) is 15.3. The summed E-state index contributed by atoms with van der Waals surface area (Å²) in [5.41, 5.74) is 3.32. The first-order valence-electron chi connectivity index (χ1n) is 8.65. The predicted molar refractivity (Wildman–Crippen MR) is 101 cm³/mol. The number of rotatable bonds is 5. The highest BCUT2D eigenvalue weighted by atomic mass is 19.1. The predicted octanol–water partition coefficient (Wildman–Crippen LogP) is 3.36. The quantitative estimate of drug-likeness (QED) is 0.494. The average Bonchev–Trinajstić information content (AvgIpc) is 3.06. The summed E-state index contributed by atoms with van der Waals surface area (Å²) < 4.78 is 25.6. The summed E-state index contributed by atoms with van der Waals surface area (Å²) in [4.78, 5) is 19.9. The summed E-state index contributed by atoms with van der Waals surface area (Å²) in [6.07, 6.45) is 3.47. The lowest BCUT2D eigenvalue weighted by Crippen LogP contribution is -2.08. The molecule has 7 nitrogen and oxygen atoms in total. The number of carbonyl (C=O) groups excluding carboxylic acids is 1. The fraction of sp³-hybridized carbons (Fsp3) is 0.200. The zero-order chi connectivity index (χ0) is 19.7. The molecule has 28 heavy (non-hydrogen) atoms. The number of fused-ring (bicyclic) bond motifs is 2. The molecule has 0 radical (unpaired) electrons. The van der Waals surface area contributed by atoms with Gasteiger partial charge >= 0.3 is 5.97 Å². The van der Waals surface area contributed by atoms with Crippen LogP contribution in [0, 0.1) is 5.82 Å². The Kier molecular flexibility index (Phi) is 4.60. The van der Waals surface area contributed by atoms with E-state index in [2.05, 4.69) is 15.1 Å². The van der Waals surface area contributed by atoms with Crippen LogP contribution in [0.25, 0.3) is 33.2 Å². The van der Waals surface area contributed by atoms with Gasteiger partial charge in [-0.2, -0.15) is 5.10 Å². The molecule has 8 heteroatoms. The number of benzene rings is 2. The van der Waals surface area contributed by atoms with Crippen molar-refractivity contribution in [3.63, 3.8) is 0 Å². The van der Waals surface area contributed by atoms with Gasteiger partial charge in [0.25, 0.3) is 0 Å². The Labute approximate surface area is 159 Å². The summed E-state index contributed by atoms with van der Waals surface area (Å²) in [5, 5.41) is 5.36. The topological polar surface area (TPSA) is 79.1 Å². The third kappa shape index (κ3) is 3.48. The van der Waals surface area contributed by atoms with E-state index in [0.717, 1.165) is 10.9 Å². The van der Waals surface area contributed by atoms with Crippen molar-refractivity contribution in [1.29, 1.82) is 0 Å². The lowest BCUT2D eigenvalue weighted by atomic mass is 10.1. The van der Waals surface area contributed by atoms with Crippen LogP contribution in [0.5, 0.6) is 5.75 Å². The van der Waals surface area contributed by atoms with Crippen LogP contribution in [-0.2, 0) is 16.1 Å². The molecule has 2 aromatic carbocycles. The molecule has 142 valence electrons. The molecule has 0 bridgehead atoms. The van der Waals surface area contributed by atoms with Crippen LogP contribution in [0.4, 0.5) is 4.39 Å². The third-order valence-electron chi connectivity index (χ3n) is 4.29. The van der Waals surface area contributed by atoms with Crippen LogP contribution in [0.2, 0.25) is 0 Å². The maximum absolute atomic E-state index is 14.0. The number of halogens is 1. The third-order valence-corrected chi connectivity index (χ3v) is 4.29. The first-order chi connectivity index (χ1) is 13.5. The van der Waals surface area contributed by atoms with E-state index in [1.54, 1.807) is 23.0 Å². The fourth-order valence-corrected chi connectivity index (χ4v) is 2.94. The van der Waals surface area contributed by atoms with Crippen LogP contribution >= 0.6 is 0 Å². The molecule has 2 aromatic heterocycles. The van der Waals surface area contributed by atoms with Crippen molar-refractivity contribution >= 4 is 27.9 Å². The molecule has 0 N–H and O–H groups in total. The van der Waals surface area contributed by atoms with Gasteiger partial charge in [-0.05, 0) is 30.3 Å². The zero-order valence-corrected chi connectivity index (χ0v) is 15.3. The standard InChI is InChI=1S/C20H17FN4O3/c1-12(26)28-6-5-25-11-14-8-18-17(9-16(14)24-25)22-10-19(23-18)13-3-4-20(27-2)15(21)7-13/h3-4,7-11H,5-6H2,1-2H3. The highest BCUT2D eigenvalue weighted by Crippen LogP contribution is 2.26. The van der Waals surface area contributed by atoms with Gasteiger partial charge in [0.05, 0.1) is 42.1 Å². The van der Waals surface area contributed by atoms with Gasteiger partial charge in [-0.1, -0.05) is 0 Å². The van der Waals surface area contributed by atoms with E-state index in [9.17, 15) is 9.18 Å². The molecule has 0 atom stereocenters. The Morgan fingerprint density at radius 2 is 2.04 bits per heavy atom. The molecule has 0 amide bonds. The highest BCUT2D eigenvalue weighted by Gasteiger charge is 2.10. The molecular weight excluding hydrogens is 363 g/mol. The number of hydrogen-bond donors (Lipinski definition) is 0. The highest BCUT2D eigenvalue weighted by molar-refractivity contribution is 5.93. The Balaban J connectivity index is 1.67. The van der Waals surface area contributed by atoms with Crippen LogP contribution < -0.4 is 4.74 Å². The summed E-state index contributed by atoms with van der Waals surface area (Å²) in [5.74, 6) is -0.592. The van der Waals surface area contributed by atoms with Crippen molar-refractivity contribution < 1.29 is 18.7 Å². The Bertz CT molecular complexity index is 1190. The molecule has 0 aliphatic rings. The number of hydrogen-bond acceptors (Lipinski definition) is 6. The molecule has 0 aliphatic carbocycles. The van der Waals surface area contributed by atoms with Crippen LogP contribution in [-0.4, -0.2) is 39.4 Å². The molecular formula is C20H17FN4O3. The molecule has 0 saturated carbocycles. The van der Waals surface area contributed by atoms with E-state index >= 15 is 0 Å². The Morgan fingerprint density at radius 1 is 1.18 bits per heavy atom. The van der Waals surface area contributed by atoms with Gasteiger partial charge in [-0.25, -0.2) is 9.37 Å². The first-order valence-corrected chi connectivity index (χ1v) is 8.65. The number of carbonyl (C=O) groups is 1. The molecule has 4 rings (SSSR count). The minimum absolute atomic E-state index is 0.181. The SMILES string of the molecule is COc1ccc(-c2cnc3cc4nn(CCOC(C)=O)cc4cc3n2)cc1F. The summed E-state index contributed by atoms with van der Waals surface area (Å²) >= 11 is 0. The molecule has 0 fully saturated rings. The first kappa shape index (κ1) is 17.8. The number of aromatic nitrogens is 4. The monoisotopic (exact) mass is 380 g/mol. The van der Waals surface area contributed by atoms with Crippen molar-refractivity contribution in [2.24, 2.45) is 0 Å². The van der Waals surface area contributed by atoms with E-state index in [-0.39, 0.29) is 18.3 Å². The molecule has 2 heterocycles. The van der Waals surface area contributed by atoms with Crippen molar-refractivity contribution in [3.05, 3.63) is 48.5 Å². The summed E-state index contributed by atoms with van der Waals surface area (Å²) in [6, 6.07) is 8.41. The Morgan fingerprint density at radius 3 is 2.79 bits per heavy atom.